The maximum absolute atomic E-state index is 12.3. The molecule has 0 aliphatic heterocycles. The highest BCUT2D eigenvalue weighted by Crippen LogP contribution is 2.30. The zero-order valence-electron chi connectivity index (χ0n) is 20.1. The van der Waals surface area contributed by atoms with Gasteiger partial charge in [0.2, 0.25) is 0 Å². The van der Waals surface area contributed by atoms with Crippen LogP contribution in [-0.4, -0.2) is 49.7 Å². The lowest BCUT2D eigenvalue weighted by molar-refractivity contribution is -0.148. The molecule has 9 heteroatoms. The fourth-order valence-corrected chi connectivity index (χ4v) is 2.80. The van der Waals surface area contributed by atoms with Gasteiger partial charge in [0.1, 0.15) is 12.1 Å². The first-order valence-electron chi connectivity index (χ1n) is 11.3. The van der Waals surface area contributed by atoms with Crippen molar-refractivity contribution in [2.75, 3.05) is 13.7 Å². The molecule has 184 valence electrons. The Hall–Kier alpha value is -2.94. The summed E-state index contributed by atoms with van der Waals surface area (Å²) in [6, 6.07) is 4.02. The number of benzene rings is 1. The highest BCUT2D eigenvalue weighted by atomic mass is 16.6. The van der Waals surface area contributed by atoms with Crippen molar-refractivity contribution >= 4 is 23.9 Å². The van der Waals surface area contributed by atoms with Crippen molar-refractivity contribution in [3.63, 3.8) is 0 Å². The monoisotopic (exact) mass is 465 g/mol. The molecule has 9 nitrogen and oxygen atoms in total. The van der Waals surface area contributed by atoms with E-state index in [0.29, 0.717) is 12.0 Å². The number of hydrogen-bond donors (Lipinski definition) is 1. The number of ether oxygens (including phenoxy) is 4. The van der Waals surface area contributed by atoms with Gasteiger partial charge in [0.25, 0.3) is 0 Å². The highest BCUT2D eigenvalue weighted by molar-refractivity contribution is 5.77. The Labute approximate surface area is 195 Å². The number of nitrogens with one attached hydrogen (secondary N) is 1. The summed E-state index contributed by atoms with van der Waals surface area (Å²) in [6.45, 7) is 7.29. The van der Waals surface area contributed by atoms with Crippen molar-refractivity contribution in [1.29, 1.82) is 0 Å². The molecule has 0 aliphatic carbocycles. The predicted molar refractivity (Wildman–Crippen MR) is 121 cm³/mol. The van der Waals surface area contributed by atoms with Crippen LogP contribution in [-0.2, 0) is 35.1 Å². The number of carbonyl (C=O) groups excluding carboxylic acids is 4. The molecule has 1 aromatic rings. The summed E-state index contributed by atoms with van der Waals surface area (Å²) >= 11 is 0. The first kappa shape index (κ1) is 28.1. The molecule has 0 spiro atoms. The fraction of sp³-hybridized carbons (Fsp3) is 0.583. The molecule has 0 heterocycles. The van der Waals surface area contributed by atoms with Crippen molar-refractivity contribution in [1.82, 2.24) is 5.32 Å². The first-order chi connectivity index (χ1) is 15.7. The van der Waals surface area contributed by atoms with E-state index >= 15 is 0 Å². The van der Waals surface area contributed by atoms with E-state index < -0.39 is 30.1 Å². The normalized spacial score (nSPS) is 12.4. The minimum atomic E-state index is -0.731. The lowest BCUT2D eigenvalue weighted by Crippen LogP contribution is -2.43. The van der Waals surface area contributed by atoms with Crippen LogP contribution in [0, 0.1) is 0 Å². The number of hydrogen-bond acceptors (Lipinski definition) is 9. The molecule has 1 rings (SSSR count). The average Bonchev–Trinajstić information content (AvgIpc) is 2.80. The van der Waals surface area contributed by atoms with Crippen LogP contribution in [0.2, 0.25) is 0 Å². The Morgan fingerprint density at radius 1 is 0.939 bits per heavy atom. The summed E-state index contributed by atoms with van der Waals surface area (Å²) in [5, 5.41) is 3.06. The predicted octanol–water partition coefficient (Wildman–Crippen LogP) is 3.11. The van der Waals surface area contributed by atoms with Gasteiger partial charge in [0.05, 0.1) is 7.11 Å². The van der Waals surface area contributed by atoms with Crippen LogP contribution in [0.3, 0.4) is 0 Å². The topological polar surface area (TPSA) is 117 Å². The number of rotatable bonds is 14. The summed E-state index contributed by atoms with van der Waals surface area (Å²) in [7, 11) is 1.28. The van der Waals surface area contributed by atoms with Gasteiger partial charge in [-0.05, 0) is 37.5 Å². The van der Waals surface area contributed by atoms with Crippen molar-refractivity contribution in [3.05, 3.63) is 23.8 Å². The lowest BCUT2D eigenvalue weighted by atomic mass is 10.0. The van der Waals surface area contributed by atoms with Gasteiger partial charge < -0.3 is 24.3 Å². The molecule has 0 fully saturated rings. The lowest BCUT2D eigenvalue weighted by Gasteiger charge is -2.20. The molecule has 0 radical (unpaired) electrons. The van der Waals surface area contributed by atoms with Gasteiger partial charge in [-0.1, -0.05) is 33.3 Å². The Bertz CT molecular complexity index is 808. The molecule has 0 saturated heterocycles. The molecule has 1 unspecified atom stereocenters. The van der Waals surface area contributed by atoms with Gasteiger partial charge in [-0.25, -0.2) is 0 Å². The summed E-state index contributed by atoms with van der Waals surface area (Å²) < 4.78 is 20.8. The van der Waals surface area contributed by atoms with Crippen LogP contribution in [0.4, 0.5) is 0 Å². The minimum Gasteiger partial charge on any atom is -0.468 e. The second kappa shape index (κ2) is 15.0. The molecular formula is C24H35NO8. The number of unbranched alkanes of at least 4 members (excludes halogenated alkanes) is 1. The van der Waals surface area contributed by atoms with E-state index in [1.165, 1.54) is 13.2 Å². The van der Waals surface area contributed by atoms with Gasteiger partial charge in [-0.15, -0.1) is 0 Å². The molecular weight excluding hydrogens is 430 g/mol. The van der Waals surface area contributed by atoms with Gasteiger partial charge in [-0.2, -0.15) is 0 Å². The van der Waals surface area contributed by atoms with Crippen LogP contribution in [0.25, 0.3) is 0 Å². The molecule has 0 aromatic heterocycles. The highest BCUT2D eigenvalue weighted by Gasteiger charge is 2.22. The number of methoxy groups -OCH3 is 1. The number of esters is 4. The van der Waals surface area contributed by atoms with E-state index in [0.717, 1.165) is 12.8 Å². The van der Waals surface area contributed by atoms with Crippen molar-refractivity contribution in [3.8, 4) is 11.5 Å². The van der Waals surface area contributed by atoms with E-state index in [9.17, 15) is 19.2 Å². The van der Waals surface area contributed by atoms with Crippen molar-refractivity contribution in [2.24, 2.45) is 0 Å². The minimum absolute atomic E-state index is 0.1000. The van der Waals surface area contributed by atoms with Crippen LogP contribution >= 0.6 is 0 Å². The number of carbonyl (C=O) groups is 4. The van der Waals surface area contributed by atoms with E-state index in [2.05, 4.69) is 5.32 Å². The largest absolute Gasteiger partial charge is 0.468 e. The van der Waals surface area contributed by atoms with Crippen LogP contribution in [0.15, 0.2) is 18.2 Å². The third-order valence-electron chi connectivity index (χ3n) is 4.68. The molecule has 0 bridgehead atoms. The molecule has 0 aliphatic rings. The van der Waals surface area contributed by atoms with Crippen molar-refractivity contribution in [2.45, 2.75) is 78.4 Å². The van der Waals surface area contributed by atoms with Gasteiger partial charge in [0.15, 0.2) is 11.5 Å². The third-order valence-corrected chi connectivity index (χ3v) is 4.68. The third kappa shape index (κ3) is 10.5. The Morgan fingerprint density at radius 2 is 1.58 bits per heavy atom. The summed E-state index contributed by atoms with van der Waals surface area (Å²) in [5.41, 5.74) is 0.653. The average molecular weight is 466 g/mol. The summed E-state index contributed by atoms with van der Waals surface area (Å²) in [6.07, 6.45) is 2.11. The zero-order chi connectivity index (χ0) is 24.8. The molecule has 2 atom stereocenters. The Balaban J connectivity index is 2.93. The zero-order valence-corrected chi connectivity index (χ0v) is 20.1. The Kier molecular flexibility index (Phi) is 12.8. The van der Waals surface area contributed by atoms with Gasteiger partial charge >= 0.3 is 23.9 Å². The van der Waals surface area contributed by atoms with Crippen LogP contribution in [0.1, 0.15) is 65.4 Å². The maximum atomic E-state index is 12.3. The fourth-order valence-electron chi connectivity index (χ4n) is 2.80. The first-order valence-corrected chi connectivity index (χ1v) is 11.3. The maximum Gasteiger partial charge on any atom is 0.323 e. The molecule has 0 saturated carbocycles. The molecule has 1 aromatic carbocycles. The summed E-state index contributed by atoms with van der Waals surface area (Å²) in [4.78, 5) is 47.6. The smallest absolute Gasteiger partial charge is 0.323 e. The molecule has 33 heavy (non-hydrogen) atoms. The van der Waals surface area contributed by atoms with Gasteiger partial charge in [-0.3, -0.25) is 19.2 Å². The SMILES string of the molecule is CCCCC(=O)OC(C)CN[C@@H](Cc1ccc(OC(=O)CC)c(OC(=O)CC)c1)C(=O)OC. The van der Waals surface area contributed by atoms with E-state index in [4.69, 9.17) is 18.9 Å². The second-order valence-electron chi connectivity index (χ2n) is 7.53. The van der Waals surface area contributed by atoms with E-state index in [-0.39, 0.29) is 43.3 Å². The molecule has 0 amide bonds. The van der Waals surface area contributed by atoms with E-state index in [1.54, 1.807) is 32.9 Å². The van der Waals surface area contributed by atoms with Crippen molar-refractivity contribution < 1.29 is 38.1 Å². The Morgan fingerprint density at radius 3 is 2.15 bits per heavy atom. The van der Waals surface area contributed by atoms with Crippen LogP contribution in [0.5, 0.6) is 11.5 Å². The quantitative estimate of drug-likeness (QED) is 0.327. The van der Waals surface area contributed by atoms with Gasteiger partial charge in [0, 0.05) is 25.8 Å². The van der Waals surface area contributed by atoms with E-state index in [1.807, 2.05) is 6.92 Å². The molecule has 1 N–H and O–H groups in total. The second-order valence-corrected chi connectivity index (χ2v) is 7.53. The van der Waals surface area contributed by atoms with Crippen LogP contribution < -0.4 is 14.8 Å². The summed E-state index contributed by atoms with van der Waals surface area (Å²) in [5.74, 6) is -1.49. The standard InChI is InChI=1S/C24H35NO8/c1-6-9-10-23(28)31-16(4)15-25-18(24(29)30-5)13-17-11-12-19(32-21(26)7-2)20(14-17)33-22(27)8-3/h11-12,14,16,18,25H,6-10,13,15H2,1-5H3/t16?,18-/m0/s1.